The Kier molecular flexibility index (Phi) is 4.01. The number of hydrogen-bond acceptors (Lipinski definition) is 5. The number of nitrogens with one attached hydrogen (secondary N) is 1. The normalized spacial score (nSPS) is 16.0. The van der Waals surface area contributed by atoms with E-state index in [1.807, 2.05) is 30.3 Å². The van der Waals surface area contributed by atoms with Crippen LogP contribution in [-0.4, -0.2) is 17.9 Å². The van der Waals surface area contributed by atoms with Crippen molar-refractivity contribution in [1.82, 2.24) is 5.32 Å². The van der Waals surface area contributed by atoms with Gasteiger partial charge in [-0.15, -0.1) is 0 Å². The summed E-state index contributed by atoms with van der Waals surface area (Å²) in [4.78, 5) is 35.8. The van der Waals surface area contributed by atoms with Crippen LogP contribution in [0.15, 0.2) is 63.8 Å². The summed E-state index contributed by atoms with van der Waals surface area (Å²) in [6, 6.07) is 14.9. The third-order valence-electron chi connectivity index (χ3n) is 4.26. The predicted octanol–water partition coefficient (Wildman–Crippen LogP) is 1.98. The molecule has 26 heavy (non-hydrogen) atoms. The lowest BCUT2D eigenvalue weighted by molar-refractivity contribution is -0.140. The summed E-state index contributed by atoms with van der Waals surface area (Å²) in [5.41, 5.74) is 1.54. The van der Waals surface area contributed by atoms with Gasteiger partial charge in [0.2, 0.25) is 5.91 Å². The average molecular weight is 349 g/mol. The van der Waals surface area contributed by atoms with Gasteiger partial charge in [-0.05, 0) is 23.3 Å². The molecule has 0 saturated carbocycles. The molecule has 2 aromatic carbocycles. The van der Waals surface area contributed by atoms with Gasteiger partial charge in [0.15, 0.2) is 0 Å². The first-order chi connectivity index (χ1) is 12.6. The number of carbonyl (C=O) groups excluding carboxylic acids is 2. The molecule has 1 unspecified atom stereocenters. The number of amides is 1. The maximum Gasteiger partial charge on any atom is 0.336 e. The Bertz CT molecular complexity index is 1050. The van der Waals surface area contributed by atoms with Crippen molar-refractivity contribution in [2.24, 2.45) is 0 Å². The fourth-order valence-corrected chi connectivity index (χ4v) is 3.02. The number of carbonyl (C=O) groups is 2. The molecular formula is C20H15NO5. The van der Waals surface area contributed by atoms with Crippen molar-refractivity contribution < 1.29 is 18.7 Å². The standard InChI is InChI=1S/C20H15NO5/c22-18(8-12-4-2-1-3-5-12)21-15-10-14-9-13-6-7-19(23)25-16(13)11-17(14)26-20(15)24/h1-7,9,11,15H,8,10H2,(H,21,22). The first-order valence-corrected chi connectivity index (χ1v) is 8.20. The lowest BCUT2D eigenvalue weighted by atomic mass is 10.00. The number of ether oxygens (including phenoxy) is 1. The van der Waals surface area contributed by atoms with E-state index in [0.717, 1.165) is 16.5 Å². The molecule has 0 spiro atoms. The summed E-state index contributed by atoms with van der Waals surface area (Å²) in [7, 11) is 0. The van der Waals surface area contributed by atoms with Gasteiger partial charge < -0.3 is 14.5 Å². The van der Waals surface area contributed by atoms with E-state index in [0.29, 0.717) is 17.8 Å². The van der Waals surface area contributed by atoms with Crippen LogP contribution in [0.4, 0.5) is 0 Å². The van der Waals surface area contributed by atoms with Crippen molar-refractivity contribution in [3.05, 3.63) is 76.1 Å². The van der Waals surface area contributed by atoms with Gasteiger partial charge in [-0.25, -0.2) is 9.59 Å². The fraction of sp³-hybridized carbons (Fsp3) is 0.150. The highest BCUT2D eigenvalue weighted by molar-refractivity contribution is 5.89. The van der Waals surface area contributed by atoms with Gasteiger partial charge in [0.05, 0.1) is 6.42 Å². The van der Waals surface area contributed by atoms with Crippen molar-refractivity contribution in [3.8, 4) is 5.75 Å². The molecule has 4 rings (SSSR count). The SMILES string of the molecule is O=C(Cc1ccccc1)NC1Cc2cc3ccc(=O)oc3cc2OC1=O. The predicted molar refractivity (Wildman–Crippen MR) is 93.9 cm³/mol. The smallest absolute Gasteiger partial charge is 0.336 e. The minimum atomic E-state index is -0.744. The summed E-state index contributed by atoms with van der Waals surface area (Å²) in [5.74, 6) is -0.421. The molecule has 1 atom stereocenters. The monoisotopic (exact) mass is 349 g/mol. The van der Waals surface area contributed by atoms with Crippen LogP contribution in [0.3, 0.4) is 0 Å². The minimum Gasteiger partial charge on any atom is -0.425 e. The van der Waals surface area contributed by atoms with Gasteiger partial charge >= 0.3 is 11.6 Å². The second kappa shape index (κ2) is 6.48. The van der Waals surface area contributed by atoms with E-state index in [1.165, 1.54) is 12.1 Å². The third-order valence-corrected chi connectivity index (χ3v) is 4.26. The molecule has 0 fully saturated rings. The maximum atomic E-state index is 12.2. The quantitative estimate of drug-likeness (QED) is 0.444. The molecule has 0 aliphatic carbocycles. The molecule has 1 aromatic heterocycles. The molecule has 6 nitrogen and oxygen atoms in total. The summed E-state index contributed by atoms with van der Waals surface area (Å²) >= 11 is 0. The van der Waals surface area contributed by atoms with E-state index in [2.05, 4.69) is 5.32 Å². The topological polar surface area (TPSA) is 85.6 Å². The molecule has 0 radical (unpaired) electrons. The van der Waals surface area contributed by atoms with Crippen LogP contribution in [0, 0.1) is 0 Å². The van der Waals surface area contributed by atoms with E-state index >= 15 is 0 Å². The number of rotatable bonds is 3. The van der Waals surface area contributed by atoms with Gasteiger partial charge in [0.25, 0.3) is 0 Å². The zero-order chi connectivity index (χ0) is 18.1. The van der Waals surface area contributed by atoms with Crippen molar-refractivity contribution in [2.75, 3.05) is 0 Å². The molecule has 0 saturated heterocycles. The number of benzene rings is 2. The average Bonchev–Trinajstić information content (AvgIpc) is 2.62. The van der Waals surface area contributed by atoms with Crippen molar-refractivity contribution in [3.63, 3.8) is 0 Å². The van der Waals surface area contributed by atoms with E-state index in [4.69, 9.17) is 9.15 Å². The van der Waals surface area contributed by atoms with Crippen LogP contribution in [0.1, 0.15) is 11.1 Å². The Morgan fingerprint density at radius 3 is 2.69 bits per heavy atom. The third kappa shape index (κ3) is 3.21. The van der Waals surface area contributed by atoms with Crippen molar-refractivity contribution in [1.29, 1.82) is 0 Å². The highest BCUT2D eigenvalue weighted by atomic mass is 16.5. The molecule has 1 amide bonds. The lowest BCUT2D eigenvalue weighted by Gasteiger charge is -2.24. The Balaban J connectivity index is 1.53. The van der Waals surface area contributed by atoms with Gasteiger partial charge in [-0.1, -0.05) is 30.3 Å². The zero-order valence-electron chi connectivity index (χ0n) is 13.7. The number of fused-ring (bicyclic) bond motifs is 2. The second-order valence-electron chi connectivity index (χ2n) is 6.16. The molecule has 130 valence electrons. The summed E-state index contributed by atoms with van der Waals surface area (Å²) in [6.07, 6.45) is 0.518. The molecule has 1 N–H and O–H groups in total. The first-order valence-electron chi connectivity index (χ1n) is 8.20. The van der Waals surface area contributed by atoms with E-state index in [1.54, 1.807) is 12.1 Å². The Morgan fingerprint density at radius 1 is 1.08 bits per heavy atom. The van der Waals surface area contributed by atoms with Crippen LogP contribution in [0.2, 0.25) is 0 Å². The van der Waals surface area contributed by atoms with Gasteiger partial charge in [0.1, 0.15) is 17.4 Å². The molecule has 1 aliphatic heterocycles. The molecule has 1 aliphatic rings. The summed E-state index contributed by atoms with van der Waals surface area (Å²) < 4.78 is 10.4. The van der Waals surface area contributed by atoms with Gasteiger partial charge in [-0.3, -0.25) is 4.79 Å². The second-order valence-corrected chi connectivity index (χ2v) is 6.16. The van der Waals surface area contributed by atoms with Crippen LogP contribution >= 0.6 is 0 Å². The van der Waals surface area contributed by atoms with E-state index in [-0.39, 0.29) is 12.3 Å². The Morgan fingerprint density at radius 2 is 1.88 bits per heavy atom. The molecule has 2 heterocycles. The first kappa shape index (κ1) is 16.1. The highest BCUT2D eigenvalue weighted by Crippen LogP contribution is 2.30. The van der Waals surface area contributed by atoms with Crippen LogP contribution in [0.25, 0.3) is 11.0 Å². The number of esters is 1. The van der Waals surface area contributed by atoms with E-state index in [9.17, 15) is 14.4 Å². The molecule has 0 bridgehead atoms. The van der Waals surface area contributed by atoms with Crippen molar-refractivity contribution >= 4 is 22.8 Å². The van der Waals surface area contributed by atoms with Gasteiger partial charge in [-0.2, -0.15) is 0 Å². The van der Waals surface area contributed by atoms with Crippen LogP contribution < -0.4 is 15.7 Å². The lowest BCUT2D eigenvalue weighted by Crippen LogP contribution is -2.47. The Hall–Kier alpha value is -3.41. The largest absolute Gasteiger partial charge is 0.425 e. The molecular weight excluding hydrogens is 334 g/mol. The highest BCUT2D eigenvalue weighted by Gasteiger charge is 2.30. The van der Waals surface area contributed by atoms with Crippen molar-refractivity contribution in [2.45, 2.75) is 18.9 Å². The Labute approximate surface area is 148 Å². The zero-order valence-corrected chi connectivity index (χ0v) is 13.7. The summed E-state index contributed by atoms with van der Waals surface area (Å²) in [6.45, 7) is 0. The molecule has 3 aromatic rings. The van der Waals surface area contributed by atoms with Crippen LogP contribution in [0.5, 0.6) is 5.75 Å². The summed E-state index contributed by atoms with van der Waals surface area (Å²) in [5, 5.41) is 3.46. The van der Waals surface area contributed by atoms with Crippen LogP contribution in [-0.2, 0) is 22.4 Å². The van der Waals surface area contributed by atoms with E-state index < -0.39 is 17.6 Å². The minimum absolute atomic E-state index is 0.195. The fourth-order valence-electron chi connectivity index (χ4n) is 3.02. The maximum absolute atomic E-state index is 12.2. The van der Waals surface area contributed by atoms with Gasteiger partial charge in [0, 0.05) is 23.9 Å². The molecule has 6 heteroatoms. The number of hydrogen-bond donors (Lipinski definition) is 1.